The topological polar surface area (TPSA) is 57.7 Å². The monoisotopic (exact) mass is 295 g/mol. The molecule has 0 saturated carbocycles. The molecule has 0 N–H and O–H groups in total. The van der Waals surface area contributed by atoms with Crippen molar-refractivity contribution < 1.29 is 0 Å². The highest BCUT2D eigenvalue weighted by Gasteiger charge is 2.26. The van der Waals surface area contributed by atoms with Gasteiger partial charge in [-0.15, -0.1) is 0 Å². The summed E-state index contributed by atoms with van der Waals surface area (Å²) in [5.41, 5.74) is 1.61. The van der Waals surface area contributed by atoms with Gasteiger partial charge in [0.25, 0.3) is 0 Å². The summed E-state index contributed by atoms with van der Waals surface area (Å²) in [5.74, 6) is 2.37. The van der Waals surface area contributed by atoms with Crippen molar-refractivity contribution in [1.82, 2.24) is 14.5 Å². The van der Waals surface area contributed by atoms with Gasteiger partial charge in [-0.25, -0.2) is 9.97 Å². The molecule has 0 radical (unpaired) electrons. The number of aromatic nitrogens is 3. The van der Waals surface area contributed by atoms with Crippen molar-refractivity contribution in [3.05, 3.63) is 41.6 Å². The Morgan fingerprint density at radius 3 is 3.05 bits per heavy atom. The first-order valence-electron chi connectivity index (χ1n) is 7.86. The van der Waals surface area contributed by atoms with Crippen LogP contribution in [0.4, 0.5) is 5.82 Å². The fourth-order valence-corrected chi connectivity index (χ4v) is 3.20. The predicted molar refractivity (Wildman–Crippen MR) is 85.8 cm³/mol. The van der Waals surface area contributed by atoms with Crippen molar-refractivity contribution in [3.63, 3.8) is 0 Å². The number of hydrogen-bond acceptors (Lipinski definition) is 4. The Bertz CT molecular complexity index is 697. The lowest BCUT2D eigenvalue weighted by molar-refractivity contribution is 0.471. The van der Waals surface area contributed by atoms with Gasteiger partial charge >= 0.3 is 0 Å². The molecule has 0 aromatic carbocycles. The predicted octanol–water partition coefficient (Wildman–Crippen LogP) is 2.86. The lowest BCUT2D eigenvalue weighted by Crippen LogP contribution is -2.36. The lowest BCUT2D eigenvalue weighted by Gasteiger charge is -2.34. The minimum Gasteiger partial charge on any atom is -0.355 e. The van der Waals surface area contributed by atoms with Gasteiger partial charge in [-0.3, -0.25) is 0 Å². The van der Waals surface area contributed by atoms with Crippen LogP contribution in [0.15, 0.2) is 24.5 Å². The van der Waals surface area contributed by atoms with Crippen LogP contribution in [0.25, 0.3) is 0 Å². The van der Waals surface area contributed by atoms with Gasteiger partial charge in [0.1, 0.15) is 17.7 Å². The molecule has 22 heavy (non-hydrogen) atoms. The van der Waals surface area contributed by atoms with Crippen molar-refractivity contribution in [1.29, 1.82) is 5.26 Å². The van der Waals surface area contributed by atoms with Gasteiger partial charge in [-0.2, -0.15) is 5.26 Å². The molecule has 0 bridgehead atoms. The fourth-order valence-electron chi connectivity index (χ4n) is 3.20. The highest BCUT2D eigenvalue weighted by atomic mass is 15.2. The van der Waals surface area contributed by atoms with E-state index in [2.05, 4.69) is 32.4 Å². The van der Waals surface area contributed by atoms with Gasteiger partial charge in [-0.05, 0) is 38.8 Å². The third-order valence-electron chi connectivity index (χ3n) is 4.31. The Kier molecular flexibility index (Phi) is 4.10. The maximum Gasteiger partial charge on any atom is 0.146 e. The molecule has 1 aliphatic heterocycles. The van der Waals surface area contributed by atoms with E-state index in [0.29, 0.717) is 11.5 Å². The minimum atomic E-state index is 0.401. The van der Waals surface area contributed by atoms with Crippen LogP contribution in [0.3, 0.4) is 0 Å². The molecule has 1 saturated heterocycles. The Labute approximate surface area is 131 Å². The van der Waals surface area contributed by atoms with Crippen molar-refractivity contribution in [2.45, 2.75) is 39.2 Å². The second-order valence-corrected chi connectivity index (χ2v) is 5.79. The van der Waals surface area contributed by atoms with Crippen LogP contribution >= 0.6 is 0 Å². The van der Waals surface area contributed by atoms with Crippen molar-refractivity contribution in [2.75, 3.05) is 18.0 Å². The highest BCUT2D eigenvalue weighted by molar-refractivity contribution is 5.54. The number of nitrogens with zero attached hydrogens (tertiary/aromatic N) is 5. The summed E-state index contributed by atoms with van der Waals surface area (Å²) in [7, 11) is 0. The second-order valence-electron chi connectivity index (χ2n) is 5.79. The fraction of sp³-hybridized carbons (Fsp3) is 0.471. The summed E-state index contributed by atoms with van der Waals surface area (Å²) in [4.78, 5) is 11.4. The number of nitriles is 1. The van der Waals surface area contributed by atoms with Crippen molar-refractivity contribution in [2.24, 2.45) is 0 Å². The average molecular weight is 295 g/mol. The minimum absolute atomic E-state index is 0.401. The quantitative estimate of drug-likeness (QED) is 0.873. The molecule has 5 heteroatoms. The summed E-state index contributed by atoms with van der Waals surface area (Å²) in [6.45, 7) is 6.88. The molecule has 2 aromatic rings. The first-order valence-corrected chi connectivity index (χ1v) is 7.86. The zero-order chi connectivity index (χ0) is 15.5. The molecule has 114 valence electrons. The summed E-state index contributed by atoms with van der Waals surface area (Å²) in [6.07, 6.45) is 6.16. The molecule has 3 rings (SSSR count). The van der Waals surface area contributed by atoms with Gasteiger partial charge < -0.3 is 9.47 Å². The Morgan fingerprint density at radius 1 is 1.41 bits per heavy atom. The molecule has 3 heterocycles. The summed E-state index contributed by atoms with van der Waals surface area (Å²) in [6, 6.07) is 6.03. The van der Waals surface area contributed by atoms with E-state index in [1.807, 2.05) is 31.5 Å². The Hall–Kier alpha value is -2.35. The molecule has 1 aliphatic rings. The first-order chi connectivity index (χ1) is 10.7. The number of hydrogen-bond donors (Lipinski definition) is 0. The normalized spacial score (nSPS) is 18.2. The molecule has 0 aliphatic carbocycles. The van der Waals surface area contributed by atoms with E-state index >= 15 is 0 Å². The number of aryl methyl sites for hydroxylation is 2. The molecular formula is C17H21N5. The maximum absolute atomic E-state index is 9.34. The van der Waals surface area contributed by atoms with Crippen LogP contribution in [0.5, 0.6) is 0 Å². The standard InChI is InChI=1S/C17H21N5/c1-3-21-10-8-19-16(21)15-5-4-9-22(12-15)17-14(11-18)7-6-13(2)20-17/h6-8,10,15H,3-5,9,12H2,1-2H3/t15-/m0/s1. The average Bonchev–Trinajstić information content (AvgIpc) is 3.03. The summed E-state index contributed by atoms with van der Waals surface area (Å²) >= 11 is 0. The van der Waals surface area contributed by atoms with Crippen LogP contribution in [-0.4, -0.2) is 27.6 Å². The van der Waals surface area contributed by atoms with Crippen LogP contribution < -0.4 is 4.90 Å². The van der Waals surface area contributed by atoms with Crippen LogP contribution in [0.1, 0.15) is 42.8 Å². The summed E-state index contributed by atoms with van der Waals surface area (Å²) in [5, 5.41) is 9.34. The van der Waals surface area contributed by atoms with E-state index in [1.165, 1.54) is 0 Å². The van der Waals surface area contributed by atoms with E-state index in [0.717, 1.165) is 49.8 Å². The lowest BCUT2D eigenvalue weighted by atomic mass is 9.96. The number of pyridine rings is 1. The number of imidazole rings is 1. The first kappa shape index (κ1) is 14.6. The van der Waals surface area contributed by atoms with Gasteiger partial charge in [-0.1, -0.05) is 0 Å². The SMILES string of the molecule is CCn1ccnc1[C@H]1CCCN(c2nc(C)ccc2C#N)C1. The Morgan fingerprint density at radius 2 is 2.27 bits per heavy atom. The number of piperidine rings is 1. The third-order valence-corrected chi connectivity index (χ3v) is 4.31. The van der Waals surface area contributed by atoms with Crippen molar-refractivity contribution >= 4 is 5.82 Å². The number of rotatable bonds is 3. The largest absolute Gasteiger partial charge is 0.355 e. The number of anilines is 1. The zero-order valence-corrected chi connectivity index (χ0v) is 13.2. The molecule has 2 aromatic heterocycles. The van der Waals surface area contributed by atoms with Gasteiger partial charge in [0.05, 0.1) is 5.56 Å². The van der Waals surface area contributed by atoms with Gasteiger partial charge in [0.15, 0.2) is 0 Å². The van der Waals surface area contributed by atoms with Gasteiger partial charge in [0, 0.05) is 43.6 Å². The highest BCUT2D eigenvalue weighted by Crippen LogP contribution is 2.30. The van der Waals surface area contributed by atoms with Gasteiger partial charge in [0.2, 0.25) is 0 Å². The molecule has 0 spiro atoms. The van der Waals surface area contributed by atoms with E-state index in [9.17, 15) is 5.26 Å². The molecule has 1 fully saturated rings. The Balaban J connectivity index is 1.88. The molecule has 0 amide bonds. The second kappa shape index (κ2) is 6.18. The third kappa shape index (κ3) is 2.69. The van der Waals surface area contributed by atoms with E-state index in [4.69, 9.17) is 0 Å². The van der Waals surface area contributed by atoms with E-state index < -0.39 is 0 Å². The van der Waals surface area contributed by atoms with Crippen LogP contribution in [0, 0.1) is 18.3 Å². The molecule has 1 atom stereocenters. The molecular weight excluding hydrogens is 274 g/mol. The maximum atomic E-state index is 9.34. The molecule has 0 unspecified atom stereocenters. The smallest absolute Gasteiger partial charge is 0.146 e. The van der Waals surface area contributed by atoms with Crippen LogP contribution in [0.2, 0.25) is 0 Å². The van der Waals surface area contributed by atoms with E-state index in [1.54, 1.807) is 0 Å². The molecule has 5 nitrogen and oxygen atoms in total. The zero-order valence-electron chi connectivity index (χ0n) is 13.2. The summed E-state index contributed by atoms with van der Waals surface area (Å²) < 4.78 is 2.21. The van der Waals surface area contributed by atoms with Crippen molar-refractivity contribution in [3.8, 4) is 6.07 Å². The van der Waals surface area contributed by atoms with E-state index in [-0.39, 0.29) is 0 Å². The van der Waals surface area contributed by atoms with Crippen LogP contribution in [-0.2, 0) is 6.54 Å².